The summed E-state index contributed by atoms with van der Waals surface area (Å²) in [7, 11) is 0. The van der Waals surface area contributed by atoms with E-state index < -0.39 is 17.4 Å². The van der Waals surface area contributed by atoms with Crippen molar-refractivity contribution in [3.05, 3.63) is 37.6 Å². The van der Waals surface area contributed by atoms with E-state index in [0.717, 1.165) is 6.42 Å². The molecule has 0 aliphatic heterocycles. The van der Waals surface area contributed by atoms with Crippen molar-refractivity contribution in [2.24, 2.45) is 5.41 Å². The van der Waals surface area contributed by atoms with Gasteiger partial charge in [-0.05, 0) is 13.3 Å². The minimum atomic E-state index is -1.08. The number of hydrogen-bond donors (Lipinski definition) is 2. The van der Waals surface area contributed by atoms with Crippen LogP contribution in [0.5, 0.6) is 0 Å². The van der Waals surface area contributed by atoms with E-state index >= 15 is 0 Å². The van der Waals surface area contributed by atoms with Gasteiger partial charge in [0.1, 0.15) is 0 Å². The molecule has 0 saturated carbocycles. The Morgan fingerprint density at radius 2 is 1.75 bits per heavy atom. The van der Waals surface area contributed by atoms with Gasteiger partial charge in [-0.15, -0.1) is 24.0 Å². The summed E-state index contributed by atoms with van der Waals surface area (Å²) in [6.45, 7) is 12.0. The smallest absolute Gasteiger partial charge is 0.481 e. The Morgan fingerprint density at radius 3 is 2.05 bits per heavy atom. The van der Waals surface area contributed by atoms with E-state index in [4.69, 9.17) is 10.2 Å². The van der Waals surface area contributed by atoms with Crippen LogP contribution in [0, 0.1) is 19.3 Å². The Morgan fingerprint density at radius 1 is 1.35 bits per heavy atom. The van der Waals surface area contributed by atoms with Gasteiger partial charge in [0.05, 0.1) is 5.41 Å². The Kier molecular flexibility index (Phi) is 21.5. The number of carboxylic acids is 2. The summed E-state index contributed by atoms with van der Waals surface area (Å²) in [5.41, 5.74) is -0.949. The van der Waals surface area contributed by atoms with Crippen LogP contribution in [0.1, 0.15) is 33.6 Å². The molecule has 1 atom stereocenters. The molecule has 1 rings (SSSR count). The number of halogens is 1. The second kappa shape index (κ2) is 15.3. The topological polar surface area (TPSA) is 74.6 Å². The normalized spacial score (nSPS) is 18.6. The van der Waals surface area contributed by atoms with Crippen molar-refractivity contribution < 1.29 is 19.8 Å². The van der Waals surface area contributed by atoms with Crippen LogP contribution in [0.4, 0.5) is 0 Å². The molecule has 0 aromatic carbocycles. The fraction of sp³-hybridized carbons (Fsp3) is 0.429. The molecule has 0 bridgehead atoms. The molecule has 0 heterocycles. The first-order chi connectivity index (χ1) is 8.37. The molecule has 2 N–H and O–H groups in total. The Labute approximate surface area is 154 Å². The molecule has 1 aliphatic carbocycles. The summed E-state index contributed by atoms with van der Waals surface area (Å²) >= 11 is 0. The molecule has 6 heteroatoms. The van der Waals surface area contributed by atoms with Crippen molar-refractivity contribution in [1.82, 2.24) is 0 Å². The maximum absolute atomic E-state index is 10.8. The average molecular weight is 407 g/mol. The Balaban J connectivity index is -0.000000162. The molecule has 20 heavy (non-hydrogen) atoms. The Hall–Kier alpha value is -0.0838. The predicted octanol–water partition coefficient (Wildman–Crippen LogP) is 3.36. The number of rotatable bonds is 2. The second-order valence-corrected chi connectivity index (χ2v) is 3.76. The fourth-order valence-electron chi connectivity index (χ4n) is 1.18. The summed E-state index contributed by atoms with van der Waals surface area (Å²) in [4.78, 5) is 21.3. The maximum Gasteiger partial charge on any atom is 2.00 e. The van der Waals surface area contributed by atoms with Crippen LogP contribution >= 0.6 is 24.0 Å². The van der Waals surface area contributed by atoms with Gasteiger partial charge in [-0.3, -0.25) is 4.79 Å². The summed E-state index contributed by atoms with van der Waals surface area (Å²) in [6.07, 6.45) is 5.43. The third-order valence-corrected chi connectivity index (χ3v) is 2.08. The van der Waals surface area contributed by atoms with Crippen molar-refractivity contribution in [1.29, 1.82) is 0 Å². The summed E-state index contributed by atoms with van der Waals surface area (Å²) in [6, 6.07) is 0. The number of carboxylic acid groups (broad SMARTS) is 2. The zero-order chi connectivity index (χ0) is 14.8. The van der Waals surface area contributed by atoms with E-state index in [9.17, 15) is 9.59 Å². The molecule has 0 saturated heterocycles. The predicted molar refractivity (Wildman–Crippen MR) is 93.1 cm³/mol. The van der Waals surface area contributed by atoms with Crippen LogP contribution in [0.25, 0.3) is 0 Å². The third-order valence-electron chi connectivity index (χ3n) is 2.08. The van der Waals surface area contributed by atoms with Crippen molar-refractivity contribution in [2.45, 2.75) is 33.6 Å². The van der Waals surface area contributed by atoms with Crippen LogP contribution < -0.4 is 0 Å². The molecule has 1 unspecified atom stereocenters. The first-order valence-corrected chi connectivity index (χ1v) is 5.72. The molecular weight excluding hydrogens is 383 g/mol. The van der Waals surface area contributed by atoms with Crippen LogP contribution in [-0.4, -0.2) is 45.2 Å². The number of allylic oxidation sites excluding steroid dienone is 2. The summed E-state index contributed by atoms with van der Waals surface area (Å²) in [5, 5.41) is 17.5. The molecule has 0 amide bonds. The SMILES string of the molecule is CC1(C(=O)O)C=CC=C(C(=O)O)C1.I.[CH2-]C.[CH2-]CC.[Mg+2]. The summed E-state index contributed by atoms with van der Waals surface area (Å²) in [5.74, 6) is -2.06. The minimum absolute atomic E-state index is 0. The third kappa shape index (κ3) is 10.7. The Bertz CT molecular complexity index is 340. The van der Waals surface area contributed by atoms with Crippen LogP contribution in [0.15, 0.2) is 23.8 Å². The van der Waals surface area contributed by atoms with Gasteiger partial charge in [-0.1, -0.05) is 25.2 Å². The molecule has 0 aromatic rings. The molecule has 0 spiro atoms. The second-order valence-electron chi connectivity index (χ2n) is 3.76. The standard InChI is InChI=1S/C9H10O4.C3H7.C2H5.HI.Mg/c1-9(8(12)13)4-2-3-6(5-9)7(10)11;1-3-2;1-2;;/h2-4H,5H2,1H3,(H,10,11)(H,12,13);1,3H2,2H3;1H2,2H3;1H;/q;2*-1;;+2. The van der Waals surface area contributed by atoms with E-state index in [1.807, 2.05) is 6.92 Å². The molecule has 4 nitrogen and oxygen atoms in total. The van der Waals surface area contributed by atoms with Crippen molar-refractivity contribution in [3.63, 3.8) is 0 Å². The zero-order valence-electron chi connectivity index (χ0n) is 12.4. The zero-order valence-corrected chi connectivity index (χ0v) is 16.1. The molecule has 1 aliphatic rings. The van der Waals surface area contributed by atoms with E-state index in [2.05, 4.69) is 13.8 Å². The number of aliphatic carboxylic acids is 2. The van der Waals surface area contributed by atoms with Gasteiger partial charge in [0.15, 0.2) is 0 Å². The van der Waals surface area contributed by atoms with Crippen molar-refractivity contribution >= 4 is 59.0 Å². The van der Waals surface area contributed by atoms with Crippen LogP contribution in [0.2, 0.25) is 0 Å². The monoisotopic (exact) mass is 406 g/mol. The van der Waals surface area contributed by atoms with Gasteiger partial charge in [-0.2, -0.15) is 13.3 Å². The molecule has 0 fully saturated rings. The van der Waals surface area contributed by atoms with Crippen molar-refractivity contribution in [3.8, 4) is 0 Å². The van der Waals surface area contributed by atoms with Gasteiger partial charge in [-0.25, -0.2) is 4.79 Å². The van der Waals surface area contributed by atoms with Crippen molar-refractivity contribution in [2.75, 3.05) is 0 Å². The first-order valence-electron chi connectivity index (χ1n) is 5.72. The van der Waals surface area contributed by atoms with E-state index in [1.165, 1.54) is 25.2 Å². The van der Waals surface area contributed by atoms with Gasteiger partial charge < -0.3 is 24.1 Å². The van der Waals surface area contributed by atoms with Crippen LogP contribution in [-0.2, 0) is 9.59 Å². The molecule has 0 aromatic heterocycles. The van der Waals surface area contributed by atoms with E-state index in [-0.39, 0.29) is 59.0 Å². The van der Waals surface area contributed by atoms with Gasteiger partial charge in [0, 0.05) is 5.57 Å². The van der Waals surface area contributed by atoms with Crippen LogP contribution in [0.3, 0.4) is 0 Å². The first kappa shape index (κ1) is 28.1. The number of carbonyl (C=O) groups is 2. The largest absolute Gasteiger partial charge is 2.00 e. The van der Waals surface area contributed by atoms with Gasteiger partial charge in [0.2, 0.25) is 0 Å². The quantitative estimate of drug-likeness (QED) is 0.419. The van der Waals surface area contributed by atoms with E-state index in [1.54, 1.807) is 6.92 Å². The fourth-order valence-corrected chi connectivity index (χ4v) is 1.18. The summed E-state index contributed by atoms with van der Waals surface area (Å²) < 4.78 is 0. The molecule has 0 radical (unpaired) electrons. The van der Waals surface area contributed by atoms with Gasteiger partial charge in [0.25, 0.3) is 0 Å². The van der Waals surface area contributed by atoms with E-state index in [0.29, 0.717) is 0 Å². The minimum Gasteiger partial charge on any atom is -0.481 e. The van der Waals surface area contributed by atoms with Gasteiger partial charge >= 0.3 is 35.0 Å². The molecular formula is C14H23IMgO4. The molecule has 112 valence electrons. The average Bonchev–Trinajstić information content (AvgIpc) is 2.32. The maximum atomic E-state index is 10.8. The number of hydrogen-bond acceptors (Lipinski definition) is 2.